The fraction of sp³-hybridized carbons (Fsp3) is 0.167. The summed E-state index contributed by atoms with van der Waals surface area (Å²) in [6.45, 7) is 6.51. The number of alkyl halides is 6. The number of nitrogens with zero attached hydrogens (tertiary/aromatic N) is 2. The number of halogens is 7. The van der Waals surface area contributed by atoms with Crippen LogP contribution < -0.4 is 24.4 Å². The van der Waals surface area contributed by atoms with E-state index in [4.69, 9.17) is 18.9 Å². The third-order valence-corrected chi connectivity index (χ3v) is 10.7. The van der Waals surface area contributed by atoms with Crippen molar-refractivity contribution in [1.82, 2.24) is 15.0 Å². The number of aromatic nitrogens is 3. The number of pyridine rings is 3. The number of methoxy groups -OCH3 is 2. The molecule has 0 aliphatic heterocycles. The lowest BCUT2D eigenvalue weighted by atomic mass is 10.1. The summed E-state index contributed by atoms with van der Waals surface area (Å²) in [5.41, 5.74) is 6.01. The van der Waals surface area contributed by atoms with Gasteiger partial charge in [-0.2, -0.15) is 26.3 Å². The van der Waals surface area contributed by atoms with Crippen LogP contribution in [0.25, 0.3) is 33.8 Å². The Morgan fingerprint density at radius 2 is 0.913 bits per heavy atom. The Morgan fingerprint density at radius 3 is 1.33 bits per heavy atom. The van der Waals surface area contributed by atoms with E-state index >= 15 is 0 Å². The summed E-state index contributed by atoms with van der Waals surface area (Å²) in [7, 11) is 3.23. The van der Waals surface area contributed by atoms with Gasteiger partial charge in [-0.25, -0.2) is 9.97 Å². The fourth-order valence-electron chi connectivity index (χ4n) is 6.40. The van der Waals surface area contributed by atoms with Crippen LogP contribution in [0.5, 0.6) is 23.0 Å². The molecule has 0 bridgehead atoms. The van der Waals surface area contributed by atoms with Gasteiger partial charge in [-0.3, -0.25) is 4.79 Å². The lowest BCUT2D eigenvalue weighted by Gasteiger charge is -2.13. The fourth-order valence-corrected chi connectivity index (χ4v) is 6.96. The molecule has 5 aromatic carbocycles. The van der Waals surface area contributed by atoms with Crippen LogP contribution in [0.2, 0.25) is 0 Å². The number of H-pyrrole nitrogens is 1. The van der Waals surface area contributed by atoms with E-state index in [0.717, 1.165) is 60.8 Å². The number of hydrogen-bond acceptors (Lipinski definition) is 7. The second kappa shape index (κ2) is 23.2. The molecular formula is C54H46F6IN3O5. The van der Waals surface area contributed by atoms with Gasteiger partial charge in [0, 0.05) is 53.2 Å². The molecule has 0 amide bonds. The van der Waals surface area contributed by atoms with Crippen molar-refractivity contribution in [2.75, 3.05) is 14.2 Å². The SMILES string of the molecule is COc1ccc(COc2cc(-c3ccc(C)cc3)nc(C(F)(F)F)c2)cc1.COc1ccc(COc2cc(I)nc(-c3ccc(C)cc3)c2)cc1.Cc1ccc(-c2cc(=O)cc(C(F)(F)F)[nH]2)cc1. The largest absolute Gasteiger partial charge is 0.497 e. The van der Waals surface area contributed by atoms with E-state index < -0.39 is 29.2 Å². The molecule has 0 aliphatic rings. The van der Waals surface area contributed by atoms with E-state index in [0.29, 0.717) is 29.5 Å². The second-order valence-corrected chi connectivity index (χ2v) is 16.7. The zero-order valence-corrected chi connectivity index (χ0v) is 40.2. The first-order valence-corrected chi connectivity index (χ1v) is 22.2. The second-order valence-electron chi connectivity index (χ2n) is 15.6. The van der Waals surface area contributed by atoms with Crippen LogP contribution in [0.3, 0.4) is 0 Å². The number of benzene rings is 5. The molecule has 0 saturated carbocycles. The molecular weight excluding hydrogens is 1010 g/mol. The van der Waals surface area contributed by atoms with Gasteiger partial charge in [0.25, 0.3) is 0 Å². The first-order valence-electron chi connectivity index (χ1n) is 21.2. The van der Waals surface area contributed by atoms with E-state index in [-0.39, 0.29) is 23.7 Å². The van der Waals surface area contributed by atoms with Gasteiger partial charge in [0.05, 0.1) is 25.6 Å². The highest BCUT2D eigenvalue weighted by molar-refractivity contribution is 14.1. The quantitative estimate of drug-likeness (QED) is 0.0783. The average Bonchev–Trinajstić information content (AvgIpc) is 3.33. The van der Waals surface area contributed by atoms with Crippen LogP contribution in [0.1, 0.15) is 39.2 Å². The van der Waals surface area contributed by atoms with Gasteiger partial charge in [-0.05, 0) is 84.3 Å². The smallest absolute Gasteiger partial charge is 0.433 e. The molecule has 15 heteroatoms. The highest BCUT2D eigenvalue weighted by atomic mass is 127. The molecule has 0 saturated heterocycles. The molecule has 0 radical (unpaired) electrons. The highest BCUT2D eigenvalue weighted by Gasteiger charge is 2.34. The lowest BCUT2D eigenvalue weighted by Crippen LogP contribution is -2.13. The summed E-state index contributed by atoms with van der Waals surface area (Å²) in [5.74, 6) is 2.48. The predicted molar refractivity (Wildman–Crippen MR) is 263 cm³/mol. The lowest BCUT2D eigenvalue weighted by molar-refractivity contribution is -0.142. The van der Waals surface area contributed by atoms with Gasteiger partial charge in [0.1, 0.15) is 51.3 Å². The molecule has 1 N–H and O–H groups in total. The molecule has 0 aliphatic carbocycles. The van der Waals surface area contributed by atoms with E-state index in [2.05, 4.69) is 68.7 Å². The van der Waals surface area contributed by atoms with E-state index in [1.807, 2.05) is 62.4 Å². The Morgan fingerprint density at radius 1 is 0.493 bits per heavy atom. The summed E-state index contributed by atoms with van der Waals surface area (Å²) in [6.07, 6.45) is -9.11. The summed E-state index contributed by atoms with van der Waals surface area (Å²) in [5, 5.41) is 0. The summed E-state index contributed by atoms with van der Waals surface area (Å²) in [6, 6.07) is 45.5. The highest BCUT2D eigenvalue weighted by Crippen LogP contribution is 2.34. The van der Waals surface area contributed by atoms with Crippen LogP contribution >= 0.6 is 22.6 Å². The van der Waals surface area contributed by atoms with E-state index in [1.54, 1.807) is 74.9 Å². The van der Waals surface area contributed by atoms with Gasteiger partial charge in [0.15, 0.2) is 5.43 Å². The van der Waals surface area contributed by atoms with Gasteiger partial charge in [-0.1, -0.05) is 114 Å². The van der Waals surface area contributed by atoms with Crippen molar-refractivity contribution >= 4 is 22.6 Å². The topological polar surface area (TPSA) is 95.6 Å². The van der Waals surface area contributed by atoms with Crippen LogP contribution in [-0.2, 0) is 25.6 Å². The van der Waals surface area contributed by atoms with Crippen molar-refractivity contribution in [3.63, 3.8) is 0 Å². The number of aromatic amines is 1. The number of rotatable bonds is 11. The van der Waals surface area contributed by atoms with Crippen molar-refractivity contribution < 1.29 is 45.3 Å². The summed E-state index contributed by atoms with van der Waals surface area (Å²) in [4.78, 5) is 21.9. The van der Waals surface area contributed by atoms with Crippen LogP contribution in [-0.4, -0.2) is 29.2 Å². The maximum absolute atomic E-state index is 13.2. The Hall–Kier alpha value is -7.14. The molecule has 0 spiro atoms. The van der Waals surface area contributed by atoms with Crippen molar-refractivity contribution in [2.24, 2.45) is 0 Å². The minimum atomic E-state index is -4.56. The van der Waals surface area contributed by atoms with Crippen molar-refractivity contribution in [3.8, 4) is 56.8 Å². The first-order chi connectivity index (χ1) is 32.8. The maximum atomic E-state index is 13.2. The summed E-state index contributed by atoms with van der Waals surface area (Å²) < 4.78 is 100. The van der Waals surface area contributed by atoms with Crippen LogP contribution in [0.15, 0.2) is 163 Å². The molecule has 0 unspecified atom stereocenters. The molecule has 0 fully saturated rings. The normalized spacial score (nSPS) is 11.1. The molecule has 0 atom stereocenters. The van der Waals surface area contributed by atoms with Crippen LogP contribution in [0.4, 0.5) is 26.3 Å². The minimum Gasteiger partial charge on any atom is -0.497 e. The Labute approximate surface area is 409 Å². The zero-order chi connectivity index (χ0) is 49.7. The molecule has 69 heavy (non-hydrogen) atoms. The Kier molecular flexibility index (Phi) is 17.3. The molecule has 3 heterocycles. The maximum Gasteiger partial charge on any atom is 0.433 e. The number of nitrogens with one attached hydrogen (secondary N) is 1. The van der Waals surface area contributed by atoms with Gasteiger partial charge >= 0.3 is 12.4 Å². The van der Waals surface area contributed by atoms with Crippen molar-refractivity contribution in [1.29, 1.82) is 0 Å². The molecule has 8 nitrogen and oxygen atoms in total. The van der Waals surface area contributed by atoms with Gasteiger partial charge < -0.3 is 23.9 Å². The molecule has 8 rings (SSSR count). The van der Waals surface area contributed by atoms with Crippen molar-refractivity contribution in [3.05, 3.63) is 211 Å². The number of hydrogen-bond donors (Lipinski definition) is 1. The monoisotopic (exact) mass is 1060 g/mol. The minimum absolute atomic E-state index is 0.115. The van der Waals surface area contributed by atoms with Gasteiger partial charge in [-0.15, -0.1) is 0 Å². The Bertz CT molecular complexity index is 2980. The third kappa shape index (κ3) is 15.4. The molecule has 3 aromatic heterocycles. The predicted octanol–water partition coefficient (Wildman–Crippen LogP) is 14.3. The first kappa shape index (κ1) is 51.3. The number of aryl methyl sites for hydroxylation is 3. The third-order valence-electron chi connectivity index (χ3n) is 10.2. The standard InChI is InChI=1S/C21H18F3NO2.C20H18INO2.C13H10F3NO/c1-14-3-7-16(8-4-14)19-11-18(12-20(25-19)21(22,23)24)27-13-15-5-9-17(26-2)10-6-15;1-14-3-7-16(8-4-14)19-11-18(12-20(21)22-19)24-13-15-5-9-17(23-2)10-6-15;1-8-2-4-9(5-3-8)11-6-10(18)7-12(17-11)13(14,15)16/h3-12H,13H2,1-2H3;3-12H,13H2,1-2H3;2-7H,1H3,(H,17,18). The Balaban J connectivity index is 0.000000173. The average molecular weight is 1060 g/mol. The number of ether oxygens (including phenoxy) is 4. The molecule has 8 aromatic rings. The van der Waals surface area contributed by atoms with E-state index in [1.165, 1.54) is 11.6 Å². The molecule has 356 valence electrons. The van der Waals surface area contributed by atoms with Crippen molar-refractivity contribution in [2.45, 2.75) is 46.3 Å². The van der Waals surface area contributed by atoms with Gasteiger partial charge in [0.2, 0.25) is 0 Å². The van der Waals surface area contributed by atoms with E-state index in [9.17, 15) is 31.1 Å². The summed E-state index contributed by atoms with van der Waals surface area (Å²) >= 11 is 2.22. The zero-order valence-electron chi connectivity index (χ0n) is 38.0. The van der Waals surface area contributed by atoms with Crippen LogP contribution in [0, 0.1) is 24.5 Å².